The van der Waals surface area contributed by atoms with E-state index < -0.39 is 18.0 Å². The molecule has 0 spiro atoms. The predicted octanol–water partition coefficient (Wildman–Crippen LogP) is 3.21. The summed E-state index contributed by atoms with van der Waals surface area (Å²) in [5, 5.41) is 12.0. The minimum Gasteiger partial charge on any atom is -0.480 e. The van der Waals surface area contributed by atoms with Crippen molar-refractivity contribution in [3.63, 3.8) is 0 Å². The molecule has 0 bridgehead atoms. The second-order valence-corrected chi connectivity index (χ2v) is 6.84. The third-order valence-corrected chi connectivity index (χ3v) is 3.73. The number of carbonyl (C=O) groups is 2. The van der Waals surface area contributed by atoms with Crippen LogP contribution in [0.3, 0.4) is 0 Å². The van der Waals surface area contributed by atoms with Crippen LogP contribution in [0.5, 0.6) is 0 Å². The number of carboxylic acids is 1. The van der Waals surface area contributed by atoms with Crippen LogP contribution in [0, 0.1) is 17.3 Å². The first-order chi connectivity index (χ1) is 10.2. The number of carbonyl (C=O) groups excluding carboxylic acids is 1. The van der Waals surface area contributed by atoms with Crippen molar-refractivity contribution in [2.24, 2.45) is 5.41 Å². The Labute approximate surface area is 134 Å². The lowest BCUT2D eigenvalue weighted by Crippen LogP contribution is -2.28. The highest BCUT2D eigenvalue weighted by molar-refractivity contribution is 7.15. The zero-order valence-electron chi connectivity index (χ0n) is 13.4. The number of hydrogen-bond acceptors (Lipinski definition) is 5. The summed E-state index contributed by atoms with van der Waals surface area (Å²) in [5.74, 6) is 4.64. The topological polar surface area (TPSA) is 75.6 Å². The smallest absolute Gasteiger partial charge is 0.350 e. The molecule has 0 aromatic carbocycles. The Morgan fingerprint density at radius 2 is 2.09 bits per heavy atom. The van der Waals surface area contributed by atoms with E-state index in [-0.39, 0.29) is 5.41 Å². The minimum atomic E-state index is -0.966. The van der Waals surface area contributed by atoms with Crippen molar-refractivity contribution in [2.75, 3.05) is 12.4 Å². The van der Waals surface area contributed by atoms with Gasteiger partial charge in [0.1, 0.15) is 10.9 Å². The molecule has 1 aromatic rings. The van der Waals surface area contributed by atoms with Crippen molar-refractivity contribution in [1.82, 2.24) is 0 Å². The highest BCUT2D eigenvalue weighted by Crippen LogP contribution is 2.29. The quantitative estimate of drug-likeness (QED) is 0.643. The first-order valence-corrected chi connectivity index (χ1v) is 7.74. The Kier molecular flexibility index (Phi) is 6.01. The van der Waals surface area contributed by atoms with E-state index in [1.54, 1.807) is 13.0 Å². The lowest BCUT2D eigenvalue weighted by Gasteiger charge is -2.13. The van der Waals surface area contributed by atoms with Crippen LogP contribution in [0.2, 0.25) is 0 Å². The van der Waals surface area contributed by atoms with Crippen LogP contribution in [0.15, 0.2) is 6.07 Å². The number of ether oxygens (including phenoxy) is 1. The zero-order chi connectivity index (χ0) is 16.9. The number of esters is 1. The van der Waals surface area contributed by atoms with Crippen LogP contribution >= 0.6 is 11.3 Å². The Balaban J connectivity index is 3.18. The third kappa shape index (κ3) is 5.08. The predicted molar refractivity (Wildman–Crippen MR) is 87.3 cm³/mol. The molecule has 0 aliphatic rings. The van der Waals surface area contributed by atoms with E-state index in [2.05, 4.69) is 17.2 Å². The van der Waals surface area contributed by atoms with Gasteiger partial charge in [-0.1, -0.05) is 18.8 Å². The van der Waals surface area contributed by atoms with Crippen LogP contribution in [-0.2, 0) is 9.53 Å². The van der Waals surface area contributed by atoms with Gasteiger partial charge in [0.15, 0.2) is 0 Å². The van der Waals surface area contributed by atoms with Gasteiger partial charge in [-0.3, -0.25) is 0 Å². The maximum absolute atomic E-state index is 11.8. The summed E-state index contributed by atoms with van der Waals surface area (Å²) in [5.41, 5.74) is 0.292. The van der Waals surface area contributed by atoms with E-state index in [4.69, 9.17) is 9.84 Å². The van der Waals surface area contributed by atoms with E-state index in [9.17, 15) is 9.59 Å². The molecule has 1 atom stereocenters. The van der Waals surface area contributed by atoms with E-state index in [0.29, 0.717) is 21.9 Å². The highest BCUT2D eigenvalue weighted by atomic mass is 32.1. The average Bonchev–Trinajstić information content (AvgIpc) is 2.83. The fourth-order valence-corrected chi connectivity index (χ4v) is 2.47. The summed E-state index contributed by atoms with van der Waals surface area (Å²) in [7, 11) is 1.29. The van der Waals surface area contributed by atoms with E-state index in [0.717, 1.165) is 0 Å². The Morgan fingerprint density at radius 3 is 2.55 bits per heavy atom. The van der Waals surface area contributed by atoms with Gasteiger partial charge in [0.2, 0.25) is 0 Å². The summed E-state index contributed by atoms with van der Waals surface area (Å²) >= 11 is 1.19. The number of hydrogen-bond donors (Lipinski definition) is 2. The lowest BCUT2D eigenvalue weighted by atomic mass is 9.98. The molecule has 1 heterocycles. The summed E-state index contributed by atoms with van der Waals surface area (Å²) in [4.78, 5) is 24.0. The fourth-order valence-electron chi connectivity index (χ4n) is 1.58. The molecule has 5 nitrogen and oxygen atoms in total. The molecular formula is C16H21NO4S. The summed E-state index contributed by atoms with van der Waals surface area (Å²) < 4.78 is 4.75. The molecule has 0 unspecified atom stereocenters. The van der Waals surface area contributed by atoms with Gasteiger partial charge in [0, 0.05) is 5.41 Å². The molecule has 0 aliphatic carbocycles. The van der Waals surface area contributed by atoms with Gasteiger partial charge in [-0.05, 0) is 33.3 Å². The Morgan fingerprint density at radius 1 is 1.45 bits per heavy atom. The largest absolute Gasteiger partial charge is 0.480 e. The van der Waals surface area contributed by atoms with Crippen LogP contribution in [0.4, 0.5) is 5.69 Å². The number of anilines is 1. The summed E-state index contributed by atoms with van der Waals surface area (Å²) in [6.45, 7) is 7.73. The molecule has 0 aliphatic heterocycles. The first-order valence-electron chi connectivity index (χ1n) is 6.92. The number of nitrogens with one attached hydrogen (secondary N) is 1. The molecule has 120 valence electrons. The van der Waals surface area contributed by atoms with Crippen molar-refractivity contribution in [3.8, 4) is 11.8 Å². The normalized spacial score (nSPS) is 12.0. The lowest BCUT2D eigenvalue weighted by molar-refractivity contribution is -0.137. The number of rotatable bonds is 5. The van der Waals surface area contributed by atoms with Crippen LogP contribution in [-0.4, -0.2) is 30.2 Å². The molecule has 0 fully saturated rings. The molecule has 2 N–H and O–H groups in total. The molecule has 6 heteroatoms. The fraction of sp³-hybridized carbons (Fsp3) is 0.500. The van der Waals surface area contributed by atoms with E-state index in [1.807, 2.05) is 20.8 Å². The SMILES string of the molecule is CC[C@H](Nc1cc(C#CC(C)(C)C)sc1C(=O)OC)C(=O)O. The molecular weight excluding hydrogens is 302 g/mol. The average molecular weight is 323 g/mol. The second kappa shape index (κ2) is 7.32. The molecule has 22 heavy (non-hydrogen) atoms. The van der Waals surface area contributed by atoms with Crippen LogP contribution in [0.1, 0.15) is 48.7 Å². The third-order valence-electron chi connectivity index (χ3n) is 2.70. The number of aliphatic carboxylic acids is 1. The van der Waals surface area contributed by atoms with Gasteiger partial charge < -0.3 is 15.2 Å². The molecule has 0 saturated carbocycles. The molecule has 1 aromatic heterocycles. The zero-order valence-corrected chi connectivity index (χ0v) is 14.3. The van der Waals surface area contributed by atoms with Crippen molar-refractivity contribution in [1.29, 1.82) is 0 Å². The monoisotopic (exact) mass is 323 g/mol. The highest BCUT2D eigenvalue weighted by Gasteiger charge is 2.21. The van der Waals surface area contributed by atoms with Gasteiger partial charge in [0.25, 0.3) is 0 Å². The van der Waals surface area contributed by atoms with E-state index in [1.165, 1.54) is 18.4 Å². The standard InChI is InChI=1S/C16H21NO4S/c1-6-11(14(18)19)17-12-9-10(7-8-16(2,3)4)22-13(12)15(20)21-5/h9,11,17H,6H2,1-5H3,(H,18,19)/t11-/m0/s1. The maximum atomic E-state index is 11.8. The first kappa shape index (κ1) is 18.1. The van der Waals surface area contributed by atoms with Crippen molar-refractivity contribution in [3.05, 3.63) is 15.8 Å². The summed E-state index contributed by atoms with van der Waals surface area (Å²) in [6, 6.07) is 0.933. The van der Waals surface area contributed by atoms with Gasteiger partial charge >= 0.3 is 11.9 Å². The van der Waals surface area contributed by atoms with Gasteiger partial charge in [0.05, 0.1) is 17.7 Å². The molecule has 1 rings (SSSR count). The molecule has 0 radical (unpaired) electrons. The van der Waals surface area contributed by atoms with E-state index >= 15 is 0 Å². The van der Waals surface area contributed by atoms with Crippen LogP contribution < -0.4 is 5.32 Å². The van der Waals surface area contributed by atoms with Crippen molar-refractivity contribution in [2.45, 2.75) is 40.2 Å². The minimum absolute atomic E-state index is 0.157. The van der Waals surface area contributed by atoms with Gasteiger partial charge in [-0.25, -0.2) is 9.59 Å². The second-order valence-electron chi connectivity index (χ2n) is 5.79. The number of carboxylic acid groups (broad SMARTS) is 1. The molecule has 0 amide bonds. The van der Waals surface area contributed by atoms with Crippen LogP contribution in [0.25, 0.3) is 0 Å². The number of methoxy groups -OCH3 is 1. The molecule has 0 saturated heterocycles. The van der Waals surface area contributed by atoms with Gasteiger partial charge in [-0.2, -0.15) is 0 Å². The van der Waals surface area contributed by atoms with Crippen molar-refractivity contribution < 1.29 is 19.4 Å². The van der Waals surface area contributed by atoms with Crippen molar-refractivity contribution >= 4 is 29.0 Å². The van der Waals surface area contributed by atoms with Gasteiger partial charge in [-0.15, -0.1) is 11.3 Å². The Hall–Kier alpha value is -2.00. The number of thiophene rings is 1. The maximum Gasteiger partial charge on any atom is 0.350 e. The Bertz CT molecular complexity index is 616. The summed E-state index contributed by atoms with van der Waals surface area (Å²) in [6.07, 6.45) is 0.398.